The van der Waals surface area contributed by atoms with Crippen LogP contribution < -0.4 is 0 Å². The zero-order chi connectivity index (χ0) is 16.4. The van der Waals surface area contributed by atoms with Crippen molar-refractivity contribution in [2.45, 2.75) is 19.9 Å². The summed E-state index contributed by atoms with van der Waals surface area (Å²) in [5.41, 5.74) is 4.18. The third kappa shape index (κ3) is 3.40. The summed E-state index contributed by atoms with van der Waals surface area (Å²) in [6.45, 7) is 2.61. The summed E-state index contributed by atoms with van der Waals surface area (Å²) in [5.74, 6) is 0.0952. The molecule has 1 heterocycles. The number of halogens is 1. The van der Waals surface area contributed by atoms with Crippen molar-refractivity contribution in [3.8, 4) is 0 Å². The molecular formula is C19H19ClN2O. The zero-order valence-electron chi connectivity index (χ0n) is 13.3. The van der Waals surface area contributed by atoms with E-state index in [1.807, 2.05) is 62.5 Å². The molecular weight excluding hydrogens is 308 g/mol. The average Bonchev–Trinajstić information content (AvgIpc) is 2.84. The van der Waals surface area contributed by atoms with Gasteiger partial charge in [-0.1, -0.05) is 41.9 Å². The summed E-state index contributed by atoms with van der Waals surface area (Å²) in [4.78, 5) is 17.7. The number of aromatic amines is 1. The molecule has 3 rings (SSSR count). The standard InChI is InChI=1S/C19H19ClN2O/c1-13-16(17-10-15(20)8-9-18(17)21-13)11-19(23)22(2)12-14-6-4-3-5-7-14/h3-10,21H,11-12H2,1-2H3. The van der Waals surface area contributed by atoms with E-state index in [9.17, 15) is 4.79 Å². The number of fused-ring (bicyclic) bond motifs is 1. The molecule has 1 amide bonds. The lowest BCUT2D eigenvalue weighted by molar-refractivity contribution is -0.129. The van der Waals surface area contributed by atoms with Gasteiger partial charge in [0.05, 0.1) is 6.42 Å². The molecule has 3 aromatic rings. The van der Waals surface area contributed by atoms with Crippen LogP contribution in [-0.4, -0.2) is 22.8 Å². The van der Waals surface area contributed by atoms with Gasteiger partial charge in [-0.05, 0) is 36.2 Å². The number of rotatable bonds is 4. The highest BCUT2D eigenvalue weighted by Gasteiger charge is 2.16. The summed E-state index contributed by atoms with van der Waals surface area (Å²) in [5, 5.41) is 1.71. The lowest BCUT2D eigenvalue weighted by Crippen LogP contribution is -2.27. The number of nitrogens with zero attached hydrogens (tertiary/aromatic N) is 1. The van der Waals surface area contributed by atoms with Gasteiger partial charge in [0.2, 0.25) is 5.91 Å². The molecule has 118 valence electrons. The van der Waals surface area contributed by atoms with E-state index >= 15 is 0 Å². The fourth-order valence-electron chi connectivity index (χ4n) is 2.81. The molecule has 1 N–H and O–H groups in total. The Morgan fingerprint density at radius 3 is 2.65 bits per heavy atom. The van der Waals surface area contributed by atoms with E-state index in [-0.39, 0.29) is 5.91 Å². The van der Waals surface area contributed by atoms with Crippen molar-refractivity contribution in [2.24, 2.45) is 0 Å². The van der Waals surface area contributed by atoms with E-state index in [1.54, 1.807) is 4.90 Å². The second kappa shape index (κ2) is 6.47. The zero-order valence-corrected chi connectivity index (χ0v) is 14.0. The van der Waals surface area contributed by atoms with Crippen LogP contribution in [0.2, 0.25) is 5.02 Å². The first-order valence-corrected chi connectivity index (χ1v) is 7.97. The molecule has 0 bridgehead atoms. The molecule has 23 heavy (non-hydrogen) atoms. The maximum Gasteiger partial charge on any atom is 0.227 e. The van der Waals surface area contributed by atoms with Crippen molar-refractivity contribution in [3.05, 3.63) is 70.4 Å². The topological polar surface area (TPSA) is 36.1 Å². The van der Waals surface area contributed by atoms with Gasteiger partial charge < -0.3 is 9.88 Å². The number of amides is 1. The largest absolute Gasteiger partial charge is 0.358 e. The molecule has 0 atom stereocenters. The van der Waals surface area contributed by atoms with Crippen molar-refractivity contribution in [1.82, 2.24) is 9.88 Å². The Balaban J connectivity index is 1.80. The van der Waals surface area contributed by atoms with E-state index in [1.165, 1.54) is 0 Å². The van der Waals surface area contributed by atoms with Crippen LogP contribution in [0, 0.1) is 6.92 Å². The SMILES string of the molecule is Cc1[nH]c2ccc(Cl)cc2c1CC(=O)N(C)Cc1ccccc1. The van der Waals surface area contributed by atoms with Crippen molar-refractivity contribution < 1.29 is 4.79 Å². The van der Waals surface area contributed by atoms with Gasteiger partial charge in [0, 0.05) is 35.2 Å². The summed E-state index contributed by atoms with van der Waals surface area (Å²) in [7, 11) is 1.84. The van der Waals surface area contributed by atoms with Crippen LogP contribution in [0.15, 0.2) is 48.5 Å². The van der Waals surface area contributed by atoms with Gasteiger partial charge in [-0.15, -0.1) is 0 Å². The number of benzene rings is 2. The number of hydrogen-bond acceptors (Lipinski definition) is 1. The predicted molar refractivity (Wildman–Crippen MR) is 94.7 cm³/mol. The van der Waals surface area contributed by atoms with Crippen LogP contribution in [0.4, 0.5) is 0 Å². The third-order valence-corrected chi connectivity index (χ3v) is 4.33. The van der Waals surface area contributed by atoms with Gasteiger partial charge in [0.25, 0.3) is 0 Å². The molecule has 0 aliphatic heterocycles. The van der Waals surface area contributed by atoms with Crippen molar-refractivity contribution in [1.29, 1.82) is 0 Å². The minimum Gasteiger partial charge on any atom is -0.358 e. The highest BCUT2D eigenvalue weighted by atomic mass is 35.5. The van der Waals surface area contributed by atoms with E-state index < -0.39 is 0 Å². The average molecular weight is 327 g/mol. The third-order valence-electron chi connectivity index (χ3n) is 4.10. The quantitative estimate of drug-likeness (QED) is 0.761. The summed E-state index contributed by atoms with van der Waals surface area (Å²) < 4.78 is 0. The van der Waals surface area contributed by atoms with E-state index in [2.05, 4.69) is 4.98 Å². The molecule has 1 aromatic heterocycles. The molecule has 4 heteroatoms. The molecule has 0 spiro atoms. The van der Waals surface area contributed by atoms with Crippen LogP contribution in [0.3, 0.4) is 0 Å². The predicted octanol–water partition coefficient (Wildman–Crippen LogP) is 4.33. The molecule has 3 nitrogen and oxygen atoms in total. The Bertz CT molecular complexity index is 839. The van der Waals surface area contributed by atoms with Gasteiger partial charge in [0.1, 0.15) is 0 Å². The Morgan fingerprint density at radius 1 is 1.17 bits per heavy atom. The van der Waals surface area contributed by atoms with E-state index in [4.69, 9.17) is 11.6 Å². The minimum absolute atomic E-state index is 0.0952. The van der Waals surface area contributed by atoms with Gasteiger partial charge in [-0.2, -0.15) is 0 Å². The lowest BCUT2D eigenvalue weighted by Gasteiger charge is -2.17. The maximum atomic E-state index is 12.6. The first-order chi connectivity index (χ1) is 11.0. The van der Waals surface area contributed by atoms with Crippen molar-refractivity contribution >= 4 is 28.4 Å². The smallest absolute Gasteiger partial charge is 0.227 e. The number of aryl methyl sites for hydroxylation is 1. The van der Waals surface area contributed by atoms with Crippen molar-refractivity contribution in [2.75, 3.05) is 7.05 Å². The van der Waals surface area contributed by atoms with E-state index in [0.717, 1.165) is 27.7 Å². The fourth-order valence-corrected chi connectivity index (χ4v) is 2.99. The number of hydrogen-bond donors (Lipinski definition) is 1. The van der Waals surface area contributed by atoms with Crippen molar-refractivity contribution in [3.63, 3.8) is 0 Å². The number of carbonyl (C=O) groups excluding carboxylic acids is 1. The maximum absolute atomic E-state index is 12.6. The highest BCUT2D eigenvalue weighted by Crippen LogP contribution is 2.26. The second-order valence-corrected chi connectivity index (χ2v) is 6.27. The number of H-pyrrole nitrogens is 1. The number of nitrogens with one attached hydrogen (secondary N) is 1. The molecule has 2 aromatic carbocycles. The van der Waals surface area contributed by atoms with Gasteiger partial charge in [-0.25, -0.2) is 0 Å². The van der Waals surface area contributed by atoms with Crippen LogP contribution >= 0.6 is 11.6 Å². The first-order valence-electron chi connectivity index (χ1n) is 7.59. The number of likely N-dealkylation sites (N-methyl/N-ethyl adjacent to an activating group) is 1. The molecule has 0 radical (unpaired) electrons. The molecule has 0 unspecified atom stereocenters. The molecule has 0 aliphatic carbocycles. The monoisotopic (exact) mass is 326 g/mol. The summed E-state index contributed by atoms with van der Waals surface area (Å²) in [6, 6.07) is 15.7. The number of aromatic nitrogens is 1. The van der Waals surface area contributed by atoms with Gasteiger partial charge >= 0.3 is 0 Å². The highest BCUT2D eigenvalue weighted by molar-refractivity contribution is 6.31. The summed E-state index contributed by atoms with van der Waals surface area (Å²) in [6.07, 6.45) is 0.371. The number of carbonyl (C=O) groups is 1. The van der Waals surface area contributed by atoms with Crippen LogP contribution in [0.25, 0.3) is 10.9 Å². The minimum atomic E-state index is 0.0952. The normalized spacial score (nSPS) is 10.9. The first kappa shape index (κ1) is 15.6. The Labute approximate surface area is 140 Å². The van der Waals surface area contributed by atoms with Crippen LogP contribution in [-0.2, 0) is 17.8 Å². The summed E-state index contributed by atoms with van der Waals surface area (Å²) >= 11 is 6.10. The fraction of sp³-hybridized carbons (Fsp3) is 0.211. The lowest BCUT2D eigenvalue weighted by atomic mass is 10.1. The Morgan fingerprint density at radius 2 is 1.91 bits per heavy atom. The van der Waals surface area contributed by atoms with Gasteiger partial charge in [-0.3, -0.25) is 4.79 Å². The van der Waals surface area contributed by atoms with Gasteiger partial charge in [0.15, 0.2) is 0 Å². The second-order valence-electron chi connectivity index (χ2n) is 5.83. The molecule has 0 saturated heterocycles. The van der Waals surface area contributed by atoms with E-state index in [0.29, 0.717) is 18.0 Å². The Kier molecular flexibility index (Phi) is 4.39. The molecule has 0 aliphatic rings. The molecule has 0 fully saturated rings. The molecule has 0 saturated carbocycles. The van der Waals surface area contributed by atoms with Crippen LogP contribution in [0.1, 0.15) is 16.8 Å². The van der Waals surface area contributed by atoms with Crippen LogP contribution in [0.5, 0.6) is 0 Å². The Hall–Kier alpha value is -2.26.